The van der Waals surface area contributed by atoms with Crippen LogP contribution in [0.1, 0.15) is 37.8 Å². The largest absolute Gasteiger partial charge is 1.00 e. The number of aryl methyl sites for hydroxylation is 2. The first kappa shape index (κ1) is 18.7. The van der Waals surface area contributed by atoms with Gasteiger partial charge in [-0.1, -0.05) is 44.9 Å². The van der Waals surface area contributed by atoms with Crippen molar-refractivity contribution in [1.29, 1.82) is 0 Å². The molecule has 0 amide bonds. The second kappa shape index (κ2) is 7.75. The molecule has 0 bridgehead atoms. The van der Waals surface area contributed by atoms with Crippen LogP contribution in [0.3, 0.4) is 0 Å². The van der Waals surface area contributed by atoms with Gasteiger partial charge in [-0.25, -0.2) is 8.42 Å². The SMILES string of the molecule is CCCc1cc(CCC)c2ccc(S(=O)(=O)[O-])cc2c1.[Na+]. The van der Waals surface area contributed by atoms with E-state index < -0.39 is 10.1 Å². The van der Waals surface area contributed by atoms with Gasteiger partial charge in [-0.3, -0.25) is 0 Å². The minimum atomic E-state index is -4.39. The van der Waals surface area contributed by atoms with Gasteiger partial charge in [0.1, 0.15) is 10.1 Å². The molecule has 3 nitrogen and oxygen atoms in total. The van der Waals surface area contributed by atoms with Crippen molar-refractivity contribution in [2.75, 3.05) is 0 Å². The first-order valence-electron chi connectivity index (χ1n) is 6.97. The summed E-state index contributed by atoms with van der Waals surface area (Å²) in [7, 11) is -4.39. The van der Waals surface area contributed by atoms with Gasteiger partial charge in [0, 0.05) is 0 Å². The van der Waals surface area contributed by atoms with Gasteiger partial charge in [-0.2, -0.15) is 0 Å². The molecule has 2 aromatic carbocycles. The summed E-state index contributed by atoms with van der Waals surface area (Å²) in [4.78, 5) is -0.152. The van der Waals surface area contributed by atoms with Crippen molar-refractivity contribution in [2.45, 2.75) is 44.4 Å². The van der Waals surface area contributed by atoms with Crippen LogP contribution >= 0.6 is 0 Å². The monoisotopic (exact) mass is 314 g/mol. The van der Waals surface area contributed by atoms with E-state index >= 15 is 0 Å². The predicted molar refractivity (Wildman–Crippen MR) is 79.9 cm³/mol. The van der Waals surface area contributed by atoms with Gasteiger partial charge in [0.05, 0.1) is 4.90 Å². The number of benzene rings is 2. The molecule has 0 aliphatic carbocycles. The molecule has 2 rings (SSSR count). The Kier molecular flexibility index (Phi) is 6.88. The van der Waals surface area contributed by atoms with E-state index in [9.17, 15) is 13.0 Å². The Labute approximate surface area is 148 Å². The summed E-state index contributed by atoms with van der Waals surface area (Å²) in [6.07, 6.45) is 3.99. The summed E-state index contributed by atoms with van der Waals surface area (Å²) in [5.74, 6) is 0. The maximum atomic E-state index is 11.1. The average Bonchev–Trinajstić information content (AvgIpc) is 2.37. The zero-order chi connectivity index (χ0) is 14.8. The van der Waals surface area contributed by atoms with Crippen LogP contribution in [0.5, 0.6) is 0 Å². The van der Waals surface area contributed by atoms with Crippen molar-refractivity contribution in [3.05, 3.63) is 41.5 Å². The van der Waals surface area contributed by atoms with Gasteiger partial charge < -0.3 is 4.55 Å². The minimum absolute atomic E-state index is 0. The van der Waals surface area contributed by atoms with Crippen LogP contribution in [0.15, 0.2) is 35.2 Å². The fourth-order valence-electron chi connectivity index (χ4n) is 2.56. The van der Waals surface area contributed by atoms with Gasteiger partial charge in [0.15, 0.2) is 0 Å². The van der Waals surface area contributed by atoms with E-state index in [1.54, 1.807) is 6.07 Å². The molecule has 21 heavy (non-hydrogen) atoms. The van der Waals surface area contributed by atoms with Gasteiger partial charge in [0.2, 0.25) is 0 Å². The number of fused-ring (bicyclic) bond motifs is 1. The molecule has 0 fully saturated rings. The molecule has 0 radical (unpaired) electrons. The molecule has 0 unspecified atom stereocenters. The zero-order valence-corrected chi connectivity index (χ0v) is 15.7. The molecule has 0 saturated heterocycles. The van der Waals surface area contributed by atoms with Gasteiger partial charge in [0.25, 0.3) is 0 Å². The Bertz CT molecular complexity index is 724. The van der Waals surface area contributed by atoms with E-state index in [1.807, 2.05) is 6.07 Å². The van der Waals surface area contributed by atoms with Crippen LogP contribution in [0, 0.1) is 0 Å². The van der Waals surface area contributed by atoms with Crippen LogP contribution in [-0.2, 0) is 23.0 Å². The van der Waals surface area contributed by atoms with E-state index in [4.69, 9.17) is 0 Å². The first-order chi connectivity index (χ1) is 9.45. The van der Waals surface area contributed by atoms with E-state index in [0.717, 1.165) is 36.5 Å². The van der Waals surface area contributed by atoms with Crippen LogP contribution in [0.2, 0.25) is 0 Å². The molecule has 0 spiro atoms. The Morgan fingerprint density at radius 3 is 2.24 bits per heavy atom. The Balaban J connectivity index is 0.00000220. The number of hydrogen-bond acceptors (Lipinski definition) is 3. The fourth-order valence-corrected chi connectivity index (χ4v) is 3.07. The molecule has 0 atom stereocenters. The molecular weight excluding hydrogens is 295 g/mol. The minimum Gasteiger partial charge on any atom is -0.744 e. The molecule has 0 heterocycles. The van der Waals surface area contributed by atoms with E-state index in [2.05, 4.69) is 19.9 Å². The second-order valence-electron chi connectivity index (χ2n) is 5.09. The van der Waals surface area contributed by atoms with Crippen molar-refractivity contribution in [3.63, 3.8) is 0 Å². The van der Waals surface area contributed by atoms with Crippen molar-refractivity contribution in [3.8, 4) is 0 Å². The van der Waals surface area contributed by atoms with Gasteiger partial charge >= 0.3 is 29.6 Å². The Morgan fingerprint density at radius 2 is 1.67 bits per heavy atom. The van der Waals surface area contributed by atoms with E-state index in [-0.39, 0.29) is 34.5 Å². The molecule has 2 aromatic rings. The van der Waals surface area contributed by atoms with E-state index in [1.165, 1.54) is 23.3 Å². The summed E-state index contributed by atoms with van der Waals surface area (Å²) < 4.78 is 33.4. The van der Waals surface area contributed by atoms with Crippen molar-refractivity contribution < 1.29 is 42.5 Å². The predicted octanol–water partition coefficient (Wildman–Crippen LogP) is 0.653. The summed E-state index contributed by atoms with van der Waals surface area (Å²) >= 11 is 0. The van der Waals surface area contributed by atoms with Crippen LogP contribution < -0.4 is 29.6 Å². The Morgan fingerprint density at radius 1 is 1.00 bits per heavy atom. The van der Waals surface area contributed by atoms with Crippen LogP contribution in [0.25, 0.3) is 10.8 Å². The standard InChI is InChI=1S/C16H20O3S.Na/c1-3-5-12-9-13(6-4-2)16-8-7-15(20(17,18)19)11-14(16)10-12;/h7-11H,3-6H2,1-2H3,(H,17,18,19);/q;+1/p-1. The molecular formula is C16H19NaO3S. The van der Waals surface area contributed by atoms with Crippen molar-refractivity contribution in [2.24, 2.45) is 0 Å². The quantitative estimate of drug-likeness (QED) is 0.601. The smallest absolute Gasteiger partial charge is 0.744 e. The summed E-state index contributed by atoms with van der Waals surface area (Å²) in [5, 5.41) is 1.88. The molecule has 0 N–H and O–H groups in total. The van der Waals surface area contributed by atoms with Gasteiger partial charge in [-0.15, -0.1) is 0 Å². The number of rotatable bonds is 5. The van der Waals surface area contributed by atoms with Crippen molar-refractivity contribution in [1.82, 2.24) is 0 Å². The first-order valence-corrected chi connectivity index (χ1v) is 8.38. The Hall–Kier alpha value is -0.390. The summed E-state index contributed by atoms with van der Waals surface area (Å²) in [5.41, 5.74) is 2.42. The topological polar surface area (TPSA) is 57.2 Å². The summed E-state index contributed by atoms with van der Waals surface area (Å²) in [6.45, 7) is 4.23. The number of hydrogen-bond donors (Lipinski definition) is 0. The van der Waals surface area contributed by atoms with Crippen molar-refractivity contribution >= 4 is 20.9 Å². The van der Waals surface area contributed by atoms with E-state index in [0.29, 0.717) is 0 Å². The average molecular weight is 314 g/mol. The molecule has 5 heteroatoms. The molecule has 0 aromatic heterocycles. The third-order valence-corrected chi connectivity index (χ3v) is 4.25. The third kappa shape index (κ3) is 4.54. The summed E-state index contributed by atoms with van der Waals surface area (Å²) in [6, 6.07) is 8.84. The fraction of sp³-hybridized carbons (Fsp3) is 0.375. The second-order valence-corrected chi connectivity index (χ2v) is 6.47. The molecule has 108 valence electrons. The zero-order valence-electron chi connectivity index (χ0n) is 12.8. The molecule has 0 saturated carbocycles. The third-order valence-electron chi connectivity index (χ3n) is 3.42. The molecule has 0 aliphatic heterocycles. The van der Waals surface area contributed by atoms with Crippen LogP contribution in [-0.4, -0.2) is 13.0 Å². The molecule has 0 aliphatic rings. The van der Waals surface area contributed by atoms with Crippen LogP contribution in [0.4, 0.5) is 0 Å². The normalized spacial score (nSPS) is 11.4. The van der Waals surface area contributed by atoms with Gasteiger partial charge in [-0.05, 0) is 46.9 Å². The maximum absolute atomic E-state index is 11.1. The maximum Gasteiger partial charge on any atom is 1.00 e.